The lowest BCUT2D eigenvalue weighted by molar-refractivity contribution is 0.958. The summed E-state index contributed by atoms with van der Waals surface area (Å²) in [5.74, 6) is 1.20. The summed E-state index contributed by atoms with van der Waals surface area (Å²) in [6, 6.07) is 7.57. The highest BCUT2D eigenvalue weighted by molar-refractivity contribution is 6.30. The van der Waals surface area contributed by atoms with Crippen molar-refractivity contribution in [2.24, 2.45) is 0 Å². The van der Waals surface area contributed by atoms with E-state index in [-0.39, 0.29) is 12.4 Å². The van der Waals surface area contributed by atoms with E-state index in [1.165, 1.54) is 0 Å². The third-order valence-electron chi connectivity index (χ3n) is 1.92. The number of rotatable bonds is 2. The second kappa shape index (κ2) is 5.40. The molecule has 80 valence electrons. The molecule has 0 aliphatic heterocycles. The maximum atomic E-state index is 5.89. The van der Waals surface area contributed by atoms with Crippen LogP contribution in [0.5, 0.6) is 0 Å². The first-order valence-corrected chi connectivity index (χ1v) is 5.06. The molecule has 5 heteroatoms. The Morgan fingerprint density at radius 1 is 1.33 bits per heavy atom. The van der Waals surface area contributed by atoms with Crippen LogP contribution < -0.4 is 0 Å². The van der Waals surface area contributed by atoms with E-state index in [0.717, 1.165) is 11.5 Å². The SMILES string of the molecule is Cl.ClCc1nccn1-c1cccc(Cl)c1. The van der Waals surface area contributed by atoms with Gasteiger partial charge in [-0.1, -0.05) is 17.7 Å². The maximum Gasteiger partial charge on any atom is 0.128 e. The van der Waals surface area contributed by atoms with E-state index in [0.29, 0.717) is 10.9 Å². The molecule has 2 rings (SSSR count). The Morgan fingerprint density at radius 3 is 2.80 bits per heavy atom. The van der Waals surface area contributed by atoms with Crippen LogP contribution in [0.1, 0.15) is 5.82 Å². The van der Waals surface area contributed by atoms with Crippen molar-refractivity contribution in [1.82, 2.24) is 9.55 Å². The van der Waals surface area contributed by atoms with E-state index in [1.807, 2.05) is 35.0 Å². The number of hydrogen-bond acceptors (Lipinski definition) is 1. The maximum absolute atomic E-state index is 5.89. The summed E-state index contributed by atoms with van der Waals surface area (Å²) in [6.45, 7) is 0. The van der Waals surface area contributed by atoms with Crippen LogP contribution >= 0.6 is 35.6 Å². The van der Waals surface area contributed by atoms with Crippen molar-refractivity contribution in [2.45, 2.75) is 5.88 Å². The Labute approximate surface area is 104 Å². The Kier molecular flexibility index (Phi) is 4.45. The number of halogens is 3. The number of hydrogen-bond donors (Lipinski definition) is 0. The Bertz CT molecular complexity index is 440. The summed E-state index contributed by atoms with van der Waals surface area (Å²) < 4.78 is 1.92. The number of benzene rings is 1. The molecule has 0 bridgehead atoms. The van der Waals surface area contributed by atoms with E-state index >= 15 is 0 Å². The van der Waals surface area contributed by atoms with Crippen molar-refractivity contribution < 1.29 is 0 Å². The minimum absolute atomic E-state index is 0. The molecule has 0 N–H and O–H groups in total. The molecule has 0 saturated carbocycles. The molecule has 0 aliphatic rings. The highest BCUT2D eigenvalue weighted by atomic mass is 35.5. The Hall–Kier alpha value is -0.700. The lowest BCUT2D eigenvalue weighted by Gasteiger charge is -2.05. The third kappa shape index (κ3) is 2.65. The van der Waals surface area contributed by atoms with Crippen molar-refractivity contribution in [2.75, 3.05) is 0 Å². The number of alkyl halides is 1. The zero-order chi connectivity index (χ0) is 9.97. The van der Waals surface area contributed by atoms with Crippen molar-refractivity contribution in [3.05, 3.63) is 47.5 Å². The lowest BCUT2D eigenvalue weighted by atomic mass is 10.3. The van der Waals surface area contributed by atoms with Crippen molar-refractivity contribution >= 4 is 35.6 Å². The van der Waals surface area contributed by atoms with Crippen LogP contribution in [0.3, 0.4) is 0 Å². The van der Waals surface area contributed by atoms with Crippen LogP contribution in [0, 0.1) is 0 Å². The molecule has 0 fully saturated rings. The summed E-state index contributed by atoms with van der Waals surface area (Å²) >= 11 is 11.6. The number of imidazole rings is 1. The van der Waals surface area contributed by atoms with Gasteiger partial charge in [0.05, 0.1) is 5.88 Å². The van der Waals surface area contributed by atoms with Gasteiger partial charge in [-0.15, -0.1) is 24.0 Å². The van der Waals surface area contributed by atoms with Gasteiger partial charge in [0.1, 0.15) is 5.82 Å². The second-order valence-electron chi connectivity index (χ2n) is 2.83. The average Bonchev–Trinajstić information content (AvgIpc) is 2.65. The fraction of sp³-hybridized carbons (Fsp3) is 0.100. The molecular formula is C10H9Cl3N2. The Balaban J connectivity index is 0.00000112. The summed E-state index contributed by atoms with van der Waals surface area (Å²) in [6.07, 6.45) is 3.59. The second-order valence-corrected chi connectivity index (χ2v) is 3.53. The standard InChI is InChI=1S/C10H8Cl2N2.ClH/c11-7-10-13-4-5-14(10)9-3-1-2-8(12)6-9;/h1-6H,7H2;1H. The predicted octanol–water partition coefficient (Wildman–Crippen LogP) is 3.69. The van der Waals surface area contributed by atoms with Crippen LogP contribution in [-0.2, 0) is 5.88 Å². The van der Waals surface area contributed by atoms with Gasteiger partial charge in [0.2, 0.25) is 0 Å². The summed E-state index contributed by atoms with van der Waals surface area (Å²) in [7, 11) is 0. The molecule has 0 unspecified atom stereocenters. The van der Waals surface area contributed by atoms with Crippen LogP contribution in [0.25, 0.3) is 5.69 Å². The quantitative estimate of drug-likeness (QED) is 0.756. The molecule has 1 aromatic heterocycles. The molecule has 15 heavy (non-hydrogen) atoms. The van der Waals surface area contributed by atoms with Crippen molar-refractivity contribution in [1.29, 1.82) is 0 Å². The van der Waals surface area contributed by atoms with Crippen LogP contribution in [0.15, 0.2) is 36.7 Å². The molecule has 0 atom stereocenters. The minimum Gasteiger partial charge on any atom is -0.303 e. The van der Waals surface area contributed by atoms with Crippen LogP contribution in [0.2, 0.25) is 5.02 Å². The molecule has 0 radical (unpaired) electrons. The van der Waals surface area contributed by atoms with E-state index < -0.39 is 0 Å². The molecule has 0 aliphatic carbocycles. The molecule has 0 saturated heterocycles. The monoisotopic (exact) mass is 262 g/mol. The van der Waals surface area contributed by atoms with Gasteiger partial charge in [-0.3, -0.25) is 0 Å². The predicted molar refractivity (Wildman–Crippen MR) is 65.4 cm³/mol. The normalized spacial score (nSPS) is 9.73. The largest absolute Gasteiger partial charge is 0.303 e. The van der Waals surface area contributed by atoms with Gasteiger partial charge >= 0.3 is 0 Å². The van der Waals surface area contributed by atoms with Crippen molar-refractivity contribution in [3.63, 3.8) is 0 Å². The van der Waals surface area contributed by atoms with Gasteiger partial charge in [0.15, 0.2) is 0 Å². The summed E-state index contributed by atoms with van der Waals surface area (Å²) in [5.41, 5.74) is 0.977. The van der Waals surface area contributed by atoms with Gasteiger partial charge in [-0.05, 0) is 18.2 Å². The number of aromatic nitrogens is 2. The molecule has 2 aromatic rings. The fourth-order valence-electron chi connectivity index (χ4n) is 1.29. The van der Waals surface area contributed by atoms with Gasteiger partial charge in [-0.25, -0.2) is 4.98 Å². The zero-order valence-corrected chi connectivity index (χ0v) is 10.1. The number of nitrogens with zero attached hydrogens (tertiary/aromatic N) is 2. The van der Waals surface area contributed by atoms with Crippen molar-refractivity contribution in [3.8, 4) is 5.69 Å². The molecule has 1 heterocycles. The summed E-state index contributed by atoms with van der Waals surface area (Å²) in [5, 5.41) is 0.705. The summed E-state index contributed by atoms with van der Waals surface area (Å²) in [4.78, 5) is 4.13. The Morgan fingerprint density at radius 2 is 2.13 bits per heavy atom. The molecule has 0 amide bonds. The highest BCUT2D eigenvalue weighted by Crippen LogP contribution is 2.16. The first kappa shape index (κ1) is 12.4. The van der Waals surface area contributed by atoms with Gasteiger partial charge in [-0.2, -0.15) is 0 Å². The molecule has 2 nitrogen and oxygen atoms in total. The van der Waals surface area contributed by atoms with Gasteiger partial charge < -0.3 is 4.57 Å². The topological polar surface area (TPSA) is 17.8 Å². The lowest BCUT2D eigenvalue weighted by Crippen LogP contribution is -1.97. The van der Waals surface area contributed by atoms with E-state index in [9.17, 15) is 0 Å². The third-order valence-corrected chi connectivity index (χ3v) is 2.40. The first-order chi connectivity index (χ1) is 6.81. The smallest absolute Gasteiger partial charge is 0.128 e. The molecular weight excluding hydrogens is 254 g/mol. The minimum atomic E-state index is 0. The van der Waals surface area contributed by atoms with Crippen LogP contribution in [-0.4, -0.2) is 9.55 Å². The van der Waals surface area contributed by atoms with E-state index in [1.54, 1.807) is 6.20 Å². The zero-order valence-electron chi connectivity index (χ0n) is 7.73. The van der Waals surface area contributed by atoms with Crippen LogP contribution in [0.4, 0.5) is 0 Å². The van der Waals surface area contributed by atoms with E-state index in [2.05, 4.69) is 4.98 Å². The van der Waals surface area contributed by atoms with Gasteiger partial charge in [0.25, 0.3) is 0 Å². The fourth-order valence-corrected chi connectivity index (χ4v) is 1.68. The first-order valence-electron chi connectivity index (χ1n) is 4.15. The molecule has 0 spiro atoms. The van der Waals surface area contributed by atoms with Gasteiger partial charge in [0, 0.05) is 23.1 Å². The van der Waals surface area contributed by atoms with E-state index in [4.69, 9.17) is 23.2 Å². The highest BCUT2D eigenvalue weighted by Gasteiger charge is 2.03. The molecule has 1 aromatic carbocycles. The average molecular weight is 264 g/mol.